The summed E-state index contributed by atoms with van der Waals surface area (Å²) in [7, 11) is 0. The van der Waals surface area contributed by atoms with Gasteiger partial charge in [-0.2, -0.15) is 0 Å². The first-order valence-corrected chi connectivity index (χ1v) is 11.2. The van der Waals surface area contributed by atoms with Gasteiger partial charge in [0.2, 0.25) is 0 Å². The summed E-state index contributed by atoms with van der Waals surface area (Å²) < 4.78 is 2.37. The van der Waals surface area contributed by atoms with Gasteiger partial charge in [0.15, 0.2) is 5.82 Å². The molecule has 0 atom stereocenters. The molecule has 0 fully saturated rings. The number of imidazole rings is 1. The Bertz CT molecular complexity index is 1180. The van der Waals surface area contributed by atoms with Crippen molar-refractivity contribution in [2.24, 2.45) is 0 Å². The van der Waals surface area contributed by atoms with Gasteiger partial charge in [0.1, 0.15) is 11.3 Å². The minimum atomic E-state index is 0.519. The van der Waals surface area contributed by atoms with E-state index < -0.39 is 0 Å². The third-order valence-corrected chi connectivity index (χ3v) is 5.71. The number of rotatable bonds is 10. The third kappa shape index (κ3) is 4.55. The maximum atomic E-state index is 6.29. The number of pyridine rings is 1. The second-order valence-corrected chi connectivity index (χ2v) is 7.97. The molecule has 0 aliphatic carbocycles. The van der Waals surface area contributed by atoms with Crippen LogP contribution < -0.4 is 11.1 Å². The molecular weight excluding hydrogens is 382 g/mol. The standard InChI is InChI=1S/C26H31N5/c1-3-4-16-23-30-24-25(21-14-8-9-15-22(21)29-26(24)27)31(23)18-11-10-17-28-19(2)20-12-6-5-7-13-20/h5-9,12-15,28H,2-4,10-11,16-18H2,1H3,(H2,27,29). The van der Waals surface area contributed by atoms with Crippen LogP contribution in [0.3, 0.4) is 0 Å². The predicted molar refractivity (Wildman–Crippen MR) is 131 cm³/mol. The second kappa shape index (κ2) is 9.65. The first kappa shape index (κ1) is 20.9. The van der Waals surface area contributed by atoms with Crippen LogP contribution in [-0.4, -0.2) is 21.1 Å². The molecule has 0 aliphatic heterocycles. The maximum absolute atomic E-state index is 6.29. The molecule has 0 saturated heterocycles. The van der Waals surface area contributed by atoms with E-state index in [0.717, 1.165) is 84.2 Å². The van der Waals surface area contributed by atoms with Gasteiger partial charge in [0.05, 0.1) is 11.0 Å². The SMILES string of the molecule is C=C(NCCCCn1c(CCCC)nc2c(N)nc3ccccc3c21)c1ccccc1. The van der Waals surface area contributed by atoms with Crippen LogP contribution >= 0.6 is 0 Å². The van der Waals surface area contributed by atoms with Crippen molar-refractivity contribution in [1.29, 1.82) is 0 Å². The van der Waals surface area contributed by atoms with Gasteiger partial charge in [-0.15, -0.1) is 0 Å². The molecule has 0 saturated carbocycles. The highest BCUT2D eigenvalue weighted by atomic mass is 15.1. The van der Waals surface area contributed by atoms with Gasteiger partial charge in [0.25, 0.3) is 0 Å². The van der Waals surface area contributed by atoms with Crippen molar-refractivity contribution in [1.82, 2.24) is 19.9 Å². The topological polar surface area (TPSA) is 68.8 Å². The molecule has 0 bridgehead atoms. The van der Waals surface area contributed by atoms with E-state index in [1.165, 1.54) is 0 Å². The number of anilines is 1. The zero-order chi connectivity index (χ0) is 21.6. The third-order valence-electron chi connectivity index (χ3n) is 5.71. The number of para-hydroxylation sites is 1. The molecule has 0 unspecified atom stereocenters. The van der Waals surface area contributed by atoms with E-state index >= 15 is 0 Å². The van der Waals surface area contributed by atoms with E-state index in [2.05, 4.69) is 52.6 Å². The van der Waals surface area contributed by atoms with E-state index in [0.29, 0.717) is 5.82 Å². The Morgan fingerprint density at radius 1 is 1.00 bits per heavy atom. The van der Waals surface area contributed by atoms with Crippen molar-refractivity contribution in [3.63, 3.8) is 0 Å². The Balaban J connectivity index is 1.51. The molecule has 4 aromatic rings. The van der Waals surface area contributed by atoms with Gasteiger partial charge >= 0.3 is 0 Å². The Kier molecular flexibility index (Phi) is 6.51. The zero-order valence-electron chi connectivity index (χ0n) is 18.3. The highest BCUT2D eigenvalue weighted by Gasteiger charge is 2.16. The summed E-state index contributed by atoms with van der Waals surface area (Å²) in [4.78, 5) is 9.49. The van der Waals surface area contributed by atoms with Gasteiger partial charge in [-0.05, 0) is 30.9 Å². The monoisotopic (exact) mass is 413 g/mol. The average Bonchev–Trinajstić information content (AvgIpc) is 3.17. The van der Waals surface area contributed by atoms with Gasteiger partial charge in [-0.25, -0.2) is 9.97 Å². The lowest BCUT2D eigenvalue weighted by Gasteiger charge is -2.12. The minimum absolute atomic E-state index is 0.519. The summed E-state index contributed by atoms with van der Waals surface area (Å²) in [6, 6.07) is 18.5. The number of nitrogen functional groups attached to an aromatic ring is 1. The lowest BCUT2D eigenvalue weighted by Crippen LogP contribution is -2.14. The first-order valence-electron chi connectivity index (χ1n) is 11.2. The van der Waals surface area contributed by atoms with Crippen LogP contribution in [0, 0.1) is 0 Å². The van der Waals surface area contributed by atoms with Crippen molar-refractivity contribution in [2.75, 3.05) is 12.3 Å². The molecule has 0 spiro atoms. The van der Waals surface area contributed by atoms with E-state index in [4.69, 9.17) is 10.7 Å². The van der Waals surface area contributed by atoms with Crippen LogP contribution in [0.1, 0.15) is 44.0 Å². The van der Waals surface area contributed by atoms with Gasteiger partial charge < -0.3 is 15.6 Å². The number of hydrogen-bond donors (Lipinski definition) is 2. The number of benzene rings is 2. The Morgan fingerprint density at radius 2 is 1.77 bits per heavy atom. The highest BCUT2D eigenvalue weighted by molar-refractivity contribution is 6.06. The number of fused-ring (bicyclic) bond motifs is 3. The van der Waals surface area contributed by atoms with Gasteiger partial charge in [-0.3, -0.25) is 0 Å². The number of nitrogens with zero attached hydrogens (tertiary/aromatic N) is 3. The normalized spacial score (nSPS) is 11.3. The lowest BCUT2D eigenvalue weighted by atomic mass is 10.1. The van der Waals surface area contributed by atoms with Crippen LogP contribution in [-0.2, 0) is 13.0 Å². The summed E-state index contributed by atoms with van der Waals surface area (Å²) in [5.74, 6) is 1.63. The molecule has 5 nitrogen and oxygen atoms in total. The molecule has 0 aliphatic rings. The maximum Gasteiger partial charge on any atom is 0.152 e. The van der Waals surface area contributed by atoms with Crippen molar-refractivity contribution in [2.45, 2.75) is 45.6 Å². The van der Waals surface area contributed by atoms with Crippen LogP contribution in [0.4, 0.5) is 5.82 Å². The molecule has 3 N–H and O–H groups in total. The number of aryl methyl sites for hydroxylation is 2. The first-order chi connectivity index (χ1) is 15.2. The number of unbranched alkanes of at least 4 members (excludes halogenated alkanes) is 2. The quantitative estimate of drug-likeness (QED) is 0.334. The fourth-order valence-electron chi connectivity index (χ4n) is 4.05. The van der Waals surface area contributed by atoms with Crippen molar-refractivity contribution < 1.29 is 0 Å². The average molecular weight is 414 g/mol. The Morgan fingerprint density at radius 3 is 2.58 bits per heavy atom. The summed E-state index contributed by atoms with van der Waals surface area (Å²) >= 11 is 0. The number of aromatic nitrogens is 3. The van der Waals surface area contributed by atoms with Crippen LogP contribution in [0.2, 0.25) is 0 Å². The van der Waals surface area contributed by atoms with Crippen molar-refractivity contribution >= 4 is 33.5 Å². The van der Waals surface area contributed by atoms with E-state index in [1.54, 1.807) is 0 Å². The number of nitrogens with one attached hydrogen (secondary N) is 1. The summed E-state index contributed by atoms with van der Waals surface area (Å²) in [6.45, 7) is 8.19. The van der Waals surface area contributed by atoms with Crippen molar-refractivity contribution in [3.8, 4) is 0 Å². The number of hydrogen-bond acceptors (Lipinski definition) is 4. The van der Waals surface area contributed by atoms with E-state index in [9.17, 15) is 0 Å². The number of nitrogens with two attached hydrogens (primary N) is 1. The second-order valence-electron chi connectivity index (χ2n) is 7.97. The van der Waals surface area contributed by atoms with E-state index in [1.807, 2.05) is 30.3 Å². The molecule has 5 heteroatoms. The van der Waals surface area contributed by atoms with E-state index in [-0.39, 0.29) is 0 Å². The summed E-state index contributed by atoms with van der Waals surface area (Å²) in [5, 5.41) is 4.58. The fraction of sp³-hybridized carbons (Fsp3) is 0.308. The lowest BCUT2D eigenvalue weighted by molar-refractivity contribution is 0.583. The Labute approximate surface area is 184 Å². The summed E-state index contributed by atoms with van der Waals surface area (Å²) in [6.07, 6.45) is 5.33. The van der Waals surface area contributed by atoms with Gasteiger partial charge in [0, 0.05) is 30.6 Å². The molecule has 31 heavy (non-hydrogen) atoms. The highest BCUT2D eigenvalue weighted by Crippen LogP contribution is 2.29. The largest absolute Gasteiger partial charge is 0.385 e. The van der Waals surface area contributed by atoms with Crippen LogP contribution in [0.25, 0.3) is 27.6 Å². The molecule has 2 aromatic heterocycles. The molecule has 4 rings (SSSR count). The molecule has 2 heterocycles. The molecule has 0 radical (unpaired) electrons. The van der Waals surface area contributed by atoms with Crippen LogP contribution in [0.5, 0.6) is 0 Å². The van der Waals surface area contributed by atoms with Crippen LogP contribution in [0.15, 0.2) is 61.2 Å². The molecular formula is C26H31N5. The predicted octanol–water partition coefficient (Wildman–Crippen LogP) is 5.55. The molecule has 0 amide bonds. The molecule has 160 valence electrons. The molecule has 2 aromatic carbocycles. The smallest absolute Gasteiger partial charge is 0.152 e. The minimum Gasteiger partial charge on any atom is -0.385 e. The zero-order valence-corrected chi connectivity index (χ0v) is 18.3. The van der Waals surface area contributed by atoms with Gasteiger partial charge in [-0.1, -0.05) is 68.5 Å². The Hall–Kier alpha value is -3.34. The van der Waals surface area contributed by atoms with Crippen molar-refractivity contribution in [3.05, 3.63) is 72.6 Å². The fourth-order valence-corrected chi connectivity index (χ4v) is 4.05. The summed E-state index contributed by atoms with van der Waals surface area (Å²) in [5.41, 5.74) is 11.3.